The summed E-state index contributed by atoms with van der Waals surface area (Å²) in [7, 11) is 0. The summed E-state index contributed by atoms with van der Waals surface area (Å²) in [4.78, 5) is 1.88. The third-order valence-electron chi connectivity index (χ3n) is 2.30. The Balaban J connectivity index is 2.25. The topological polar surface area (TPSA) is 91.6 Å². The predicted octanol–water partition coefficient (Wildman–Crippen LogP) is 1.36. The summed E-state index contributed by atoms with van der Waals surface area (Å²) in [6.45, 7) is 3.61. The molecule has 3 N–H and O–H groups in total. The molecular weight excluding hydrogens is 248 g/mol. The molecule has 1 rings (SSSR count). The minimum absolute atomic E-state index is 0.180. The normalized spacial score (nSPS) is 9.78. The van der Waals surface area contributed by atoms with Gasteiger partial charge in [-0.1, -0.05) is 6.92 Å². The Labute approximate surface area is 111 Å². The second kappa shape index (κ2) is 8.42. The van der Waals surface area contributed by atoms with Crippen LogP contribution in [0.25, 0.3) is 0 Å². The van der Waals surface area contributed by atoms with E-state index >= 15 is 0 Å². The standard InChI is InChI=1S/C11H18N6S/c1-2-5-17(11(13)14-9-12)6-7-18-8-10-3-4-15-16-10/h3-4H,2,5-8H2,1H3,(H2,13,14)(H,15,16). The van der Waals surface area contributed by atoms with E-state index in [0.717, 1.165) is 36.7 Å². The van der Waals surface area contributed by atoms with Crippen molar-refractivity contribution in [3.63, 3.8) is 0 Å². The van der Waals surface area contributed by atoms with Gasteiger partial charge in [0.2, 0.25) is 5.96 Å². The molecule has 1 heterocycles. The lowest BCUT2D eigenvalue weighted by atomic mass is 10.4. The fourth-order valence-electron chi connectivity index (χ4n) is 1.46. The second-order valence-corrected chi connectivity index (χ2v) is 4.80. The fraction of sp³-hybridized carbons (Fsp3) is 0.545. The van der Waals surface area contributed by atoms with Crippen molar-refractivity contribution in [3.8, 4) is 6.19 Å². The minimum Gasteiger partial charge on any atom is -0.342 e. The number of thioether (sulfide) groups is 1. The number of aromatic amines is 1. The van der Waals surface area contributed by atoms with Crippen molar-refractivity contribution in [2.75, 3.05) is 18.8 Å². The third kappa shape index (κ3) is 5.10. The summed E-state index contributed by atoms with van der Waals surface area (Å²) in [6.07, 6.45) is 4.55. The summed E-state index contributed by atoms with van der Waals surface area (Å²) in [6, 6.07) is 1.95. The lowest BCUT2D eigenvalue weighted by molar-refractivity contribution is 0.429. The van der Waals surface area contributed by atoms with Gasteiger partial charge in [0.25, 0.3) is 0 Å². The van der Waals surface area contributed by atoms with Crippen molar-refractivity contribution in [3.05, 3.63) is 18.0 Å². The number of hydrogen-bond acceptors (Lipinski definition) is 4. The van der Waals surface area contributed by atoms with Gasteiger partial charge in [-0.2, -0.15) is 22.1 Å². The molecule has 1 aromatic rings. The lowest BCUT2D eigenvalue weighted by Gasteiger charge is -2.22. The van der Waals surface area contributed by atoms with Gasteiger partial charge in [0.15, 0.2) is 6.19 Å². The van der Waals surface area contributed by atoms with E-state index in [1.54, 1.807) is 18.0 Å². The number of nitrogens with one attached hydrogen (secondary N) is 3. The van der Waals surface area contributed by atoms with Crippen molar-refractivity contribution < 1.29 is 0 Å². The number of nitriles is 1. The molecule has 98 valence electrons. The first-order chi connectivity index (χ1) is 8.77. The Morgan fingerprint density at radius 3 is 3.11 bits per heavy atom. The van der Waals surface area contributed by atoms with Crippen LogP contribution in [-0.4, -0.2) is 39.9 Å². The van der Waals surface area contributed by atoms with Gasteiger partial charge < -0.3 is 4.90 Å². The summed E-state index contributed by atoms with van der Waals surface area (Å²) in [5, 5.41) is 25.4. The van der Waals surface area contributed by atoms with Crippen LogP contribution in [0.5, 0.6) is 0 Å². The fourth-order valence-corrected chi connectivity index (χ4v) is 2.32. The molecule has 0 aliphatic carbocycles. The molecule has 7 heteroatoms. The molecule has 0 aliphatic heterocycles. The molecule has 0 amide bonds. The zero-order chi connectivity index (χ0) is 13.2. The maximum atomic E-state index is 8.50. The highest BCUT2D eigenvalue weighted by Crippen LogP contribution is 2.09. The maximum absolute atomic E-state index is 8.50. The minimum atomic E-state index is 0.180. The van der Waals surface area contributed by atoms with Crippen LogP contribution in [0.4, 0.5) is 0 Å². The first-order valence-corrected chi connectivity index (χ1v) is 6.98. The first kappa shape index (κ1) is 14.4. The van der Waals surface area contributed by atoms with Crippen LogP contribution >= 0.6 is 11.8 Å². The Morgan fingerprint density at radius 1 is 1.67 bits per heavy atom. The molecule has 0 unspecified atom stereocenters. The van der Waals surface area contributed by atoms with Crippen LogP contribution < -0.4 is 5.32 Å². The Morgan fingerprint density at radius 2 is 2.50 bits per heavy atom. The summed E-state index contributed by atoms with van der Waals surface area (Å²) in [5.41, 5.74) is 1.03. The highest BCUT2D eigenvalue weighted by molar-refractivity contribution is 7.98. The average Bonchev–Trinajstić information content (AvgIpc) is 2.86. The van der Waals surface area contributed by atoms with E-state index < -0.39 is 0 Å². The summed E-state index contributed by atoms with van der Waals surface area (Å²) in [5.74, 6) is 1.95. The molecule has 0 radical (unpaired) electrons. The molecule has 0 aromatic carbocycles. The van der Waals surface area contributed by atoms with Gasteiger partial charge in [-0.05, 0) is 12.5 Å². The van der Waals surface area contributed by atoms with Crippen LogP contribution in [0.2, 0.25) is 0 Å². The number of nitrogens with zero attached hydrogens (tertiary/aromatic N) is 3. The van der Waals surface area contributed by atoms with Gasteiger partial charge >= 0.3 is 0 Å². The number of hydrogen-bond donors (Lipinski definition) is 3. The summed E-state index contributed by atoms with van der Waals surface area (Å²) >= 11 is 1.77. The van der Waals surface area contributed by atoms with E-state index in [1.165, 1.54) is 0 Å². The Kier molecular flexibility index (Phi) is 6.72. The Bertz CT molecular complexity index is 383. The van der Waals surface area contributed by atoms with E-state index in [9.17, 15) is 0 Å². The Hall–Kier alpha value is -1.68. The molecule has 0 aliphatic rings. The largest absolute Gasteiger partial charge is 0.342 e. The van der Waals surface area contributed by atoms with E-state index in [0.29, 0.717) is 0 Å². The van der Waals surface area contributed by atoms with Gasteiger partial charge in [-0.25, -0.2) is 0 Å². The molecular formula is C11H18N6S. The highest BCUT2D eigenvalue weighted by Gasteiger charge is 2.07. The van der Waals surface area contributed by atoms with Gasteiger partial charge in [0.1, 0.15) is 0 Å². The number of guanidine groups is 1. The van der Waals surface area contributed by atoms with Crippen LogP contribution in [0.15, 0.2) is 12.3 Å². The zero-order valence-corrected chi connectivity index (χ0v) is 11.3. The maximum Gasteiger partial charge on any atom is 0.204 e. The predicted molar refractivity (Wildman–Crippen MR) is 73.1 cm³/mol. The quantitative estimate of drug-likeness (QED) is 0.228. The second-order valence-electron chi connectivity index (χ2n) is 3.69. The molecule has 0 bridgehead atoms. The van der Waals surface area contributed by atoms with Crippen LogP contribution in [-0.2, 0) is 5.75 Å². The highest BCUT2D eigenvalue weighted by atomic mass is 32.2. The molecule has 1 aromatic heterocycles. The number of H-pyrrole nitrogens is 1. The molecule has 0 fully saturated rings. The molecule has 18 heavy (non-hydrogen) atoms. The number of aromatic nitrogens is 2. The molecule has 6 nitrogen and oxygen atoms in total. The van der Waals surface area contributed by atoms with E-state index in [1.807, 2.05) is 17.2 Å². The van der Waals surface area contributed by atoms with Crippen LogP contribution in [0, 0.1) is 16.9 Å². The first-order valence-electron chi connectivity index (χ1n) is 5.83. The zero-order valence-electron chi connectivity index (χ0n) is 10.4. The SMILES string of the molecule is CCCN(CCSCc1cc[nH]n1)C(=N)NC#N. The third-order valence-corrected chi connectivity index (χ3v) is 3.27. The van der Waals surface area contributed by atoms with Crippen molar-refractivity contribution in [1.82, 2.24) is 20.4 Å². The van der Waals surface area contributed by atoms with Crippen LogP contribution in [0.3, 0.4) is 0 Å². The van der Waals surface area contributed by atoms with Gasteiger partial charge in [0.05, 0.1) is 5.69 Å². The van der Waals surface area contributed by atoms with Crippen LogP contribution in [0.1, 0.15) is 19.0 Å². The molecule has 0 spiro atoms. The lowest BCUT2D eigenvalue weighted by Crippen LogP contribution is -2.40. The van der Waals surface area contributed by atoms with Gasteiger partial charge in [-0.15, -0.1) is 0 Å². The van der Waals surface area contributed by atoms with Crippen molar-refractivity contribution >= 4 is 17.7 Å². The molecule has 0 saturated heterocycles. The van der Waals surface area contributed by atoms with E-state index in [-0.39, 0.29) is 5.96 Å². The van der Waals surface area contributed by atoms with E-state index in [2.05, 4.69) is 22.4 Å². The van der Waals surface area contributed by atoms with Gasteiger partial charge in [0, 0.05) is 30.8 Å². The molecule has 0 atom stereocenters. The van der Waals surface area contributed by atoms with Crippen molar-refractivity contribution in [1.29, 1.82) is 10.7 Å². The average molecular weight is 266 g/mol. The van der Waals surface area contributed by atoms with Gasteiger partial charge in [-0.3, -0.25) is 15.8 Å². The smallest absolute Gasteiger partial charge is 0.204 e. The van der Waals surface area contributed by atoms with E-state index in [4.69, 9.17) is 10.7 Å². The molecule has 0 saturated carbocycles. The monoisotopic (exact) mass is 266 g/mol. The summed E-state index contributed by atoms with van der Waals surface area (Å²) < 4.78 is 0. The number of rotatable bonds is 7. The van der Waals surface area contributed by atoms with Crippen molar-refractivity contribution in [2.45, 2.75) is 19.1 Å². The van der Waals surface area contributed by atoms with Crippen molar-refractivity contribution in [2.24, 2.45) is 0 Å².